The van der Waals surface area contributed by atoms with Gasteiger partial charge < -0.3 is 4.57 Å². The maximum absolute atomic E-state index is 13.5. The fourth-order valence-corrected chi connectivity index (χ4v) is 4.92. The van der Waals surface area contributed by atoms with Crippen molar-refractivity contribution in [1.82, 2.24) is 14.1 Å². The van der Waals surface area contributed by atoms with Crippen LogP contribution in [0.3, 0.4) is 0 Å². The predicted molar refractivity (Wildman–Crippen MR) is 110 cm³/mol. The van der Waals surface area contributed by atoms with Gasteiger partial charge in [-0.1, -0.05) is 36.2 Å². The first-order chi connectivity index (χ1) is 13.1. The molecule has 136 valence electrons. The maximum Gasteiger partial charge on any atom is 0.271 e. The number of thiophene rings is 1. The van der Waals surface area contributed by atoms with E-state index in [-0.39, 0.29) is 22.3 Å². The Balaban J connectivity index is 1.98. The zero-order chi connectivity index (χ0) is 18.7. The van der Waals surface area contributed by atoms with Crippen LogP contribution in [-0.4, -0.2) is 14.1 Å². The van der Waals surface area contributed by atoms with Crippen molar-refractivity contribution in [2.45, 2.75) is 25.2 Å². The van der Waals surface area contributed by atoms with Gasteiger partial charge in [-0.15, -0.1) is 11.3 Å². The molecule has 1 fully saturated rings. The molecule has 3 heterocycles. The topological polar surface area (TPSA) is 56.9 Å². The summed E-state index contributed by atoms with van der Waals surface area (Å²) in [7, 11) is 1.83. The standard InChI is InChI=1S/C20H16ClN3O2S/c1-23-13-10-14(21)27-17(13)16(25)15-19(23)22-18(11-6-5-7-11)24(20(15)26)12-8-3-2-4-9-12/h2-4,8-11H,5-7H2,1H3. The summed E-state index contributed by atoms with van der Waals surface area (Å²) in [4.78, 5) is 31.4. The SMILES string of the molecule is Cn1c2cc(Cl)sc2c(=O)c2c(=O)n(-c3ccccc3)c(C3CCC3)nc21. The third-order valence-corrected chi connectivity index (χ3v) is 6.62. The minimum absolute atomic E-state index is 0.121. The second kappa shape index (κ2) is 6.04. The number of hydrogen-bond donors (Lipinski definition) is 0. The van der Waals surface area contributed by atoms with E-state index in [2.05, 4.69) is 0 Å². The molecule has 1 saturated carbocycles. The fourth-order valence-electron chi connectivity index (χ4n) is 3.73. The summed E-state index contributed by atoms with van der Waals surface area (Å²) in [5.74, 6) is 0.972. The molecular formula is C20H16ClN3O2S. The van der Waals surface area contributed by atoms with Crippen LogP contribution in [0.15, 0.2) is 46.0 Å². The molecule has 5 nitrogen and oxygen atoms in total. The van der Waals surface area contributed by atoms with Crippen molar-refractivity contribution in [3.8, 4) is 5.69 Å². The van der Waals surface area contributed by atoms with Gasteiger partial charge in [0.1, 0.15) is 15.9 Å². The van der Waals surface area contributed by atoms with Gasteiger partial charge in [0.05, 0.1) is 15.5 Å². The molecule has 0 spiro atoms. The summed E-state index contributed by atoms with van der Waals surface area (Å²) >= 11 is 7.34. The molecule has 1 aromatic carbocycles. The zero-order valence-electron chi connectivity index (χ0n) is 14.6. The van der Waals surface area contributed by atoms with Gasteiger partial charge in [-0.05, 0) is 31.0 Å². The number of benzene rings is 1. The average molecular weight is 398 g/mol. The number of fused-ring (bicyclic) bond motifs is 2. The molecule has 1 aliphatic carbocycles. The summed E-state index contributed by atoms with van der Waals surface area (Å²) in [6.45, 7) is 0. The Morgan fingerprint density at radius 3 is 2.59 bits per heavy atom. The minimum atomic E-state index is -0.305. The molecule has 0 atom stereocenters. The fraction of sp³-hybridized carbons (Fsp3) is 0.250. The summed E-state index contributed by atoms with van der Waals surface area (Å²) in [6, 6.07) is 11.2. The van der Waals surface area contributed by atoms with Crippen LogP contribution in [0.4, 0.5) is 0 Å². The number of halogens is 1. The predicted octanol–water partition coefficient (Wildman–Crippen LogP) is 4.22. The number of para-hydroxylation sites is 1. The number of nitrogens with zero attached hydrogens (tertiary/aromatic N) is 3. The van der Waals surface area contributed by atoms with Crippen molar-refractivity contribution in [3.63, 3.8) is 0 Å². The third-order valence-electron chi connectivity index (χ3n) is 5.37. The van der Waals surface area contributed by atoms with E-state index in [0.29, 0.717) is 20.2 Å². The summed E-state index contributed by atoms with van der Waals surface area (Å²) in [6.07, 6.45) is 3.14. The summed E-state index contributed by atoms with van der Waals surface area (Å²) in [5.41, 5.74) is 1.29. The van der Waals surface area contributed by atoms with Crippen LogP contribution in [0.2, 0.25) is 4.34 Å². The van der Waals surface area contributed by atoms with Crippen molar-refractivity contribution in [3.05, 3.63) is 67.1 Å². The van der Waals surface area contributed by atoms with E-state index in [1.54, 1.807) is 10.6 Å². The van der Waals surface area contributed by atoms with Gasteiger partial charge >= 0.3 is 0 Å². The Bertz CT molecular complexity index is 1320. The monoisotopic (exact) mass is 397 g/mol. The molecular weight excluding hydrogens is 382 g/mol. The van der Waals surface area contributed by atoms with Crippen LogP contribution in [0, 0.1) is 0 Å². The lowest BCUT2D eigenvalue weighted by Crippen LogP contribution is -2.31. The highest BCUT2D eigenvalue weighted by Gasteiger charge is 2.28. The molecule has 0 radical (unpaired) electrons. The average Bonchev–Trinajstić information content (AvgIpc) is 3.01. The highest BCUT2D eigenvalue weighted by molar-refractivity contribution is 7.22. The second-order valence-corrected chi connectivity index (χ2v) is 8.61. The molecule has 0 unspecified atom stereocenters. The van der Waals surface area contributed by atoms with E-state index >= 15 is 0 Å². The summed E-state index contributed by atoms with van der Waals surface area (Å²) < 4.78 is 4.45. The molecule has 5 rings (SSSR count). The lowest BCUT2D eigenvalue weighted by molar-refractivity contribution is 0.394. The van der Waals surface area contributed by atoms with E-state index in [4.69, 9.17) is 16.6 Å². The van der Waals surface area contributed by atoms with E-state index in [1.165, 1.54) is 11.3 Å². The minimum Gasteiger partial charge on any atom is -0.327 e. The van der Waals surface area contributed by atoms with Crippen LogP contribution in [0.1, 0.15) is 31.0 Å². The highest BCUT2D eigenvalue weighted by Crippen LogP contribution is 2.36. The van der Waals surface area contributed by atoms with Gasteiger partial charge in [-0.2, -0.15) is 0 Å². The molecule has 0 amide bonds. The molecule has 0 N–H and O–H groups in total. The molecule has 1 aliphatic rings. The van der Waals surface area contributed by atoms with Gasteiger partial charge in [0.15, 0.2) is 5.65 Å². The first-order valence-corrected chi connectivity index (χ1v) is 10.1. The molecule has 0 saturated heterocycles. The number of aromatic nitrogens is 3. The first kappa shape index (κ1) is 16.7. The number of aryl methyl sites for hydroxylation is 1. The largest absolute Gasteiger partial charge is 0.327 e. The molecule has 4 aromatic rings. The Labute approximate surface area is 163 Å². The Morgan fingerprint density at radius 2 is 1.93 bits per heavy atom. The molecule has 7 heteroatoms. The van der Waals surface area contributed by atoms with E-state index < -0.39 is 0 Å². The first-order valence-electron chi connectivity index (χ1n) is 8.86. The van der Waals surface area contributed by atoms with Crippen LogP contribution in [-0.2, 0) is 7.05 Å². The van der Waals surface area contributed by atoms with Crippen molar-refractivity contribution in [2.24, 2.45) is 7.05 Å². The number of hydrogen-bond acceptors (Lipinski definition) is 4. The van der Waals surface area contributed by atoms with Crippen LogP contribution in [0.5, 0.6) is 0 Å². The maximum atomic E-state index is 13.5. The highest BCUT2D eigenvalue weighted by atomic mass is 35.5. The third kappa shape index (κ3) is 2.40. The van der Waals surface area contributed by atoms with Crippen LogP contribution in [0.25, 0.3) is 26.9 Å². The normalized spacial score (nSPS) is 14.7. The quantitative estimate of drug-likeness (QED) is 0.509. The number of rotatable bonds is 2. The molecule has 0 aliphatic heterocycles. The lowest BCUT2D eigenvalue weighted by Gasteiger charge is -2.27. The molecule has 27 heavy (non-hydrogen) atoms. The lowest BCUT2D eigenvalue weighted by atomic mass is 9.84. The van der Waals surface area contributed by atoms with Crippen molar-refractivity contribution in [1.29, 1.82) is 0 Å². The molecule has 3 aromatic heterocycles. The molecule has 0 bridgehead atoms. The van der Waals surface area contributed by atoms with Crippen molar-refractivity contribution in [2.75, 3.05) is 0 Å². The zero-order valence-corrected chi connectivity index (χ0v) is 16.2. The van der Waals surface area contributed by atoms with Crippen molar-refractivity contribution < 1.29 is 0 Å². The van der Waals surface area contributed by atoms with E-state index in [0.717, 1.165) is 30.8 Å². The van der Waals surface area contributed by atoms with Crippen LogP contribution < -0.4 is 11.0 Å². The Hall–Kier alpha value is -2.44. The van der Waals surface area contributed by atoms with Gasteiger partial charge in [-0.3, -0.25) is 14.2 Å². The van der Waals surface area contributed by atoms with Crippen molar-refractivity contribution >= 4 is 44.2 Å². The summed E-state index contributed by atoms with van der Waals surface area (Å²) in [5, 5.41) is 0.121. The van der Waals surface area contributed by atoms with Crippen LogP contribution >= 0.6 is 22.9 Å². The van der Waals surface area contributed by atoms with E-state index in [1.807, 2.05) is 41.9 Å². The Morgan fingerprint density at radius 1 is 1.19 bits per heavy atom. The van der Waals surface area contributed by atoms with E-state index in [9.17, 15) is 9.59 Å². The smallest absolute Gasteiger partial charge is 0.271 e. The van der Waals surface area contributed by atoms with Gasteiger partial charge in [0, 0.05) is 13.0 Å². The number of pyridine rings is 1. The van der Waals surface area contributed by atoms with Gasteiger partial charge in [-0.25, -0.2) is 4.98 Å². The Kier molecular flexibility index (Phi) is 3.74. The van der Waals surface area contributed by atoms with Gasteiger partial charge in [0.2, 0.25) is 5.43 Å². The second-order valence-electron chi connectivity index (χ2n) is 6.93. The van der Waals surface area contributed by atoms with Gasteiger partial charge in [0.25, 0.3) is 5.56 Å².